The van der Waals surface area contributed by atoms with Gasteiger partial charge in [0.15, 0.2) is 0 Å². The van der Waals surface area contributed by atoms with Gasteiger partial charge >= 0.3 is 5.97 Å². The standard InChI is InChI=1S/C93H117ClN16O19S/c1-11-12-30-74-91(127)107(7)51-79(115)99-70(47-81(117)118)87(123)105-82(55(4)5)93(129)109(9)75(44-56-22-15-13-16-23-56)88(124)103-71(42-59-33-37-64(112)38-34-59)89(125)106(6)50-78(114)98-69(46-61-48-96-66-29-20-19-28-65(61)66)86(122)102-68(41-58-31-35-63(111)36-32-58)85(121)101-67(39-54(2)3)84(120)104-73(83(119)97-49-77(95)113)52-130-53-80(116)100-72(43-60-26-21-27-62(94)40-60)90(126)110(10)76(92(128)108(74)8)45-57-24-17-14-18-25-57/h13-29,31-38,40,48,54-55,67-76,82,96,111-112H,11-12,30,39,41-47,49-53H2,1-10H3,(H2,95,113)(H,97,119)(H,98,114)(H,99,115)(H,100,116)(H,101,121)(H,102,122)(H,103,124)(H,104,120)(H,105,123)(H,117,118). The summed E-state index contributed by atoms with van der Waals surface area (Å²) in [5.74, 6) is -17.7. The molecule has 7 aromatic rings. The molecule has 1 saturated heterocycles. The van der Waals surface area contributed by atoms with E-state index in [-0.39, 0.29) is 73.8 Å². The molecule has 11 atom stereocenters. The number of hydrogen-bond acceptors (Lipinski definition) is 19. The molecule has 35 nitrogen and oxygen atoms in total. The summed E-state index contributed by atoms with van der Waals surface area (Å²) in [5.41, 5.74) is 8.96. The Morgan fingerprint density at radius 1 is 0.485 bits per heavy atom. The van der Waals surface area contributed by atoms with E-state index in [1.807, 2.05) is 6.92 Å². The van der Waals surface area contributed by atoms with Gasteiger partial charge in [-0.15, -0.1) is 11.8 Å². The van der Waals surface area contributed by atoms with Gasteiger partial charge in [0.05, 0.1) is 31.8 Å². The zero-order valence-electron chi connectivity index (χ0n) is 74.4. The number of likely N-dealkylation sites (N-methyl/N-ethyl adjacent to an activating group) is 5. The van der Waals surface area contributed by atoms with Crippen LogP contribution in [0.25, 0.3) is 10.9 Å². The first-order chi connectivity index (χ1) is 61.8. The van der Waals surface area contributed by atoms with Crippen molar-refractivity contribution in [1.29, 1.82) is 0 Å². The summed E-state index contributed by atoms with van der Waals surface area (Å²) in [6.07, 6.45) is -0.0829. The third-order valence-corrected chi connectivity index (χ3v) is 23.4. The molecule has 2 heterocycles. The van der Waals surface area contributed by atoms with Crippen LogP contribution in [-0.4, -0.2) is 272 Å². The number of benzene rings is 6. The van der Waals surface area contributed by atoms with Gasteiger partial charge in [-0.1, -0.05) is 174 Å². The van der Waals surface area contributed by atoms with Crippen LogP contribution in [0.3, 0.4) is 0 Å². The number of halogens is 1. The molecule has 8 rings (SSSR count). The van der Waals surface area contributed by atoms with Crippen LogP contribution in [-0.2, 0) is 115 Å². The molecule has 0 spiro atoms. The highest BCUT2D eigenvalue weighted by molar-refractivity contribution is 8.00. The number of aliphatic carboxylic acids is 1. The van der Waals surface area contributed by atoms with Gasteiger partial charge < -0.3 is 98.4 Å². The van der Waals surface area contributed by atoms with Gasteiger partial charge in [0, 0.05) is 102 Å². The molecule has 6 aromatic carbocycles. The minimum Gasteiger partial charge on any atom is -0.508 e. The predicted molar refractivity (Wildman–Crippen MR) is 487 cm³/mol. The van der Waals surface area contributed by atoms with Crippen LogP contribution < -0.4 is 53.6 Å². The van der Waals surface area contributed by atoms with Crippen molar-refractivity contribution in [3.8, 4) is 11.5 Å². The molecule has 696 valence electrons. The smallest absolute Gasteiger partial charge is 0.305 e. The van der Waals surface area contributed by atoms with Crippen LogP contribution in [0.4, 0.5) is 0 Å². The van der Waals surface area contributed by atoms with Crippen molar-refractivity contribution in [3.63, 3.8) is 0 Å². The number of amides is 15. The van der Waals surface area contributed by atoms with Crippen LogP contribution >= 0.6 is 23.4 Å². The number of nitrogens with two attached hydrogens (primary N) is 1. The van der Waals surface area contributed by atoms with E-state index in [0.717, 1.165) is 36.3 Å². The molecule has 130 heavy (non-hydrogen) atoms. The number of aromatic nitrogens is 1. The lowest BCUT2D eigenvalue weighted by molar-refractivity contribution is -0.151. The number of carboxylic acids is 1. The van der Waals surface area contributed by atoms with Gasteiger partial charge in [-0.3, -0.25) is 76.7 Å². The van der Waals surface area contributed by atoms with Crippen molar-refractivity contribution < 1.29 is 92.0 Å². The highest BCUT2D eigenvalue weighted by Crippen LogP contribution is 2.25. The first-order valence-electron chi connectivity index (χ1n) is 42.8. The van der Waals surface area contributed by atoms with E-state index in [9.17, 15) is 53.7 Å². The Labute approximate surface area is 763 Å². The van der Waals surface area contributed by atoms with E-state index in [1.165, 1.54) is 83.8 Å². The minimum absolute atomic E-state index is 0.0168. The third-order valence-electron chi connectivity index (χ3n) is 22.1. The largest absolute Gasteiger partial charge is 0.508 e. The molecule has 0 bridgehead atoms. The Morgan fingerprint density at radius 2 is 0.962 bits per heavy atom. The summed E-state index contributed by atoms with van der Waals surface area (Å²) in [6, 6.07) is 24.8. The quantitative estimate of drug-likeness (QED) is 0.0438. The highest BCUT2D eigenvalue weighted by atomic mass is 35.5. The maximum atomic E-state index is 15.6. The predicted octanol–water partition coefficient (Wildman–Crippen LogP) is 2.98. The number of phenolic OH excluding ortho intramolecular Hbond substituents is 2. The van der Waals surface area contributed by atoms with Gasteiger partial charge in [0.2, 0.25) is 88.6 Å². The van der Waals surface area contributed by atoms with Crippen molar-refractivity contribution in [1.82, 2.24) is 77.3 Å². The number of carbonyl (C=O) groups excluding carboxylic acids is 15. The molecule has 37 heteroatoms. The van der Waals surface area contributed by atoms with Crippen molar-refractivity contribution in [2.45, 2.75) is 172 Å². The van der Waals surface area contributed by atoms with Crippen molar-refractivity contribution in [2.75, 3.05) is 66.4 Å². The summed E-state index contributed by atoms with van der Waals surface area (Å²) >= 11 is 7.30. The molecule has 1 aromatic heterocycles. The van der Waals surface area contributed by atoms with Crippen LogP contribution in [0.5, 0.6) is 11.5 Å². The van der Waals surface area contributed by atoms with Gasteiger partial charge in [-0.2, -0.15) is 0 Å². The number of rotatable bonds is 23. The third kappa shape index (κ3) is 30.7. The van der Waals surface area contributed by atoms with E-state index in [1.54, 1.807) is 143 Å². The van der Waals surface area contributed by atoms with E-state index in [4.69, 9.17) is 17.3 Å². The number of nitrogens with zero attached hydrogens (tertiary/aromatic N) is 5. The van der Waals surface area contributed by atoms with E-state index in [0.29, 0.717) is 57.1 Å². The minimum atomic E-state index is -1.91. The van der Waals surface area contributed by atoms with Crippen molar-refractivity contribution in [2.24, 2.45) is 17.6 Å². The lowest BCUT2D eigenvalue weighted by atomic mass is 9.98. The normalized spacial score (nSPS) is 21.8. The number of aromatic hydroxyl groups is 2. The lowest BCUT2D eigenvalue weighted by Crippen LogP contribution is -2.61. The zero-order valence-corrected chi connectivity index (χ0v) is 76.0. The molecule has 1 fully saturated rings. The number of H-pyrrole nitrogens is 1. The summed E-state index contributed by atoms with van der Waals surface area (Å²) in [7, 11) is 6.49. The Morgan fingerprint density at radius 3 is 1.53 bits per heavy atom. The Bertz CT molecular complexity index is 5140. The fourth-order valence-electron chi connectivity index (χ4n) is 15.0. The Hall–Kier alpha value is -13.4. The average Bonchev–Trinajstić information content (AvgIpc) is 1.69. The number of nitrogens with one attached hydrogen (secondary N) is 10. The fourth-order valence-corrected chi connectivity index (χ4v) is 16.1. The second kappa shape index (κ2) is 49.2. The molecule has 0 saturated carbocycles. The first-order valence-corrected chi connectivity index (χ1v) is 44.3. The number of carbonyl (C=O) groups is 16. The number of thioether (sulfide) groups is 1. The SMILES string of the molecule is CCCCC1C(=O)N(C)CC(=O)NC(CC(=O)O)C(=O)NC(C(C)C)C(=O)N(C)C(Cc2ccccc2)C(=O)NC(Cc2ccc(O)cc2)C(=O)N(C)CC(=O)NC(Cc2c[nH]c3ccccc23)C(=O)NC(Cc2ccc(O)cc2)C(=O)NC(CC(C)C)C(=O)NC(C(=O)NCC(N)=O)CSCC(=O)NC(Cc2cccc(Cl)c2)C(=O)N(C)C(Cc2ccccc2)C(=O)N1C. The maximum absolute atomic E-state index is 15.6. The molecule has 1 aliphatic heterocycles. The summed E-state index contributed by atoms with van der Waals surface area (Å²) in [4.78, 5) is 244. The number of unbranched alkanes of at least 4 members (excludes halogenated alkanes) is 1. The van der Waals surface area contributed by atoms with Gasteiger partial charge in [0.1, 0.15) is 78.0 Å². The van der Waals surface area contributed by atoms with E-state index >= 15 is 38.4 Å². The molecule has 0 aliphatic carbocycles. The number of hydrogen-bond donors (Lipinski definition) is 14. The molecule has 15 amide bonds. The summed E-state index contributed by atoms with van der Waals surface area (Å²) in [6.45, 7) is 6.12. The summed E-state index contributed by atoms with van der Waals surface area (Å²) in [5, 5.41) is 55.8. The number of carboxylic acid groups (broad SMARTS) is 1. The second-order valence-electron chi connectivity index (χ2n) is 33.2. The second-order valence-corrected chi connectivity index (χ2v) is 34.7. The number of para-hydroxylation sites is 1. The summed E-state index contributed by atoms with van der Waals surface area (Å²) < 4.78 is 0. The average molecular weight is 1830 g/mol. The first kappa shape index (κ1) is 102. The molecule has 0 radical (unpaired) electrons. The van der Waals surface area contributed by atoms with Crippen molar-refractivity contribution in [3.05, 3.63) is 202 Å². The monoisotopic (exact) mass is 1830 g/mol. The van der Waals surface area contributed by atoms with Gasteiger partial charge in [-0.25, -0.2) is 0 Å². The maximum Gasteiger partial charge on any atom is 0.305 e. The van der Waals surface area contributed by atoms with Gasteiger partial charge in [-0.05, 0) is 101 Å². The number of phenols is 2. The molecule has 11 unspecified atom stereocenters. The Kier molecular flexibility index (Phi) is 38.6. The van der Waals surface area contributed by atoms with Crippen molar-refractivity contribution >= 4 is 129 Å². The molecule has 15 N–H and O–H groups in total. The highest BCUT2D eigenvalue weighted by Gasteiger charge is 2.42. The molecule has 1 aliphatic rings. The van der Waals surface area contributed by atoms with Gasteiger partial charge in [0.25, 0.3) is 0 Å². The van der Waals surface area contributed by atoms with Crippen LogP contribution in [0, 0.1) is 11.8 Å². The van der Waals surface area contributed by atoms with E-state index in [2.05, 4.69) is 52.8 Å². The fraction of sp³-hybridized carbons (Fsp3) is 0.419. The van der Waals surface area contributed by atoms with Crippen LogP contribution in [0.2, 0.25) is 5.02 Å². The van der Waals surface area contributed by atoms with Crippen LogP contribution in [0.1, 0.15) is 100 Å². The topological polar surface area (TPSA) is 500 Å². The van der Waals surface area contributed by atoms with Crippen LogP contribution in [0.15, 0.2) is 164 Å². The lowest BCUT2D eigenvalue weighted by Gasteiger charge is -2.37. The molecular weight excluding hydrogens is 1710 g/mol. The number of aromatic amines is 1. The van der Waals surface area contributed by atoms with E-state index < -0.39 is 205 Å². The molecular formula is C93H117ClN16O19S. The zero-order chi connectivity index (χ0) is 95.2. The number of fused-ring (bicyclic) bond motifs is 1. The Balaban J connectivity index is 1.22. The number of primary amides is 1.